The van der Waals surface area contributed by atoms with E-state index in [0.29, 0.717) is 16.6 Å². The van der Waals surface area contributed by atoms with Crippen LogP contribution in [0.2, 0.25) is 0 Å². The molecule has 1 rings (SSSR count). The SMILES string of the molecule is CC[C@H](N)c1ncc(Br)cc1F.Cl.Cl. The summed E-state index contributed by atoms with van der Waals surface area (Å²) in [6, 6.07) is 1.07. The molecular formula is C8H12BrCl2FN2. The van der Waals surface area contributed by atoms with Gasteiger partial charge in [0.05, 0.1) is 5.69 Å². The number of aromatic nitrogens is 1. The molecule has 6 heteroatoms. The van der Waals surface area contributed by atoms with E-state index in [4.69, 9.17) is 5.73 Å². The van der Waals surface area contributed by atoms with Gasteiger partial charge in [-0.2, -0.15) is 0 Å². The Labute approximate surface area is 103 Å². The highest BCUT2D eigenvalue weighted by molar-refractivity contribution is 9.10. The van der Waals surface area contributed by atoms with E-state index >= 15 is 0 Å². The molecule has 2 nitrogen and oxygen atoms in total. The molecule has 0 bridgehead atoms. The molecule has 2 N–H and O–H groups in total. The number of pyridine rings is 1. The lowest BCUT2D eigenvalue weighted by Gasteiger charge is -2.08. The lowest BCUT2D eigenvalue weighted by atomic mass is 10.1. The monoisotopic (exact) mass is 304 g/mol. The number of nitrogens with two attached hydrogens (primary N) is 1. The molecule has 0 amide bonds. The highest BCUT2D eigenvalue weighted by Gasteiger charge is 2.10. The van der Waals surface area contributed by atoms with Crippen LogP contribution in [0, 0.1) is 5.82 Å². The van der Waals surface area contributed by atoms with Crippen LogP contribution >= 0.6 is 40.7 Å². The summed E-state index contributed by atoms with van der Waals surface area (Å²) in [6.45, 7) is 1.90. The van der Waals surface area contributed by atoms with Crippen LogP contribution in [-0.2, 0) is 0 Å². The number of nitrogens with zero attached hydrogens (tertiary/aromatic N) is 1. The first kappa shape index (κ1) is 16.5. The zero-order valence-electron chi connectivity index (χ0n) is 7.54. The van der Waals surface area contributed by atoms with Crippen molar-refractivity contribution in [3.05, 3.63) is 28.2 Å². The molecule has 0 aromatic carbocycles. The van der Waals surface area contributed by atoms with Crippen molar-refractivity contribution in [3.8, 4) is 0 Å². The van der Waals surface area contributed by atoms with Gasteiger partial charge in [-0.05, 0) is 28.4 Å². The van der Waals surface area contributed by atoms with Crippen molar-refractivity contribution in [1.29, 1.82) is 0 Å². The zero-order valence-corrected chi connectivity index (χ0v) is 10.8. The van der Waals surface area contributed by atoms with Gasteiger partial charge in [0.1, 0.15) is 5.82 Å². The molecule has 0 unspecified atom stereocenters. The Morgan fingerprint density at radius 1 is 1.57 bits per heavy atom. The van der Waals surface area contributed by atoms with Crippen molar-refractivity contribution in [3.63, 3.8) is 0 Å². The van der Waals surface area contributed by atoms with Crippen molar-refractivity contribution in [2.75, 3.05) is 0 Å². The van der Waals surface area contributed by atoms with Gasteiger partial charge in [-0.15, -0.1) is 24.8 Å². The third-order valence-corrected chi connectivity index (χ3v) is 2.06. The van der Waals surface area contributed by atoms with E-state index in [-0.39, 0.29) is 36.7 Å². The smallest absolute Gasteiger partial charge is 0.147 e. The first-order chi connectivity index (χ1) is 5.65. The van der Waals surface area contributed by atoms with E-state index in [2.05, 4.69) is 20.9 Å². The van der Waals surface area contributed by atoms with Crippen LogP contribution in [0.3, 0.4) is 0 Å². The van der Waals surface area contributed by atoms with Crippen LogP contribution in [-0.4, -0.2) is 4.98 Å². The average Bonchev–Trinajstić information content (AvgIpc) is 2.03. The molecule has 0 radical (unpaired) electrons. The second-order valence-electron chi connectivity index (χ2n) is 2.54. The maximum atomic E-state index is 13.1. The maximum Gasteiger partial charge on any atom is 0.147 e. The Balaban J connectivity index is 0. The largest absolute Gasteiger partial charge is 0.323 e. The van der Waals surface area contributed by atoms with Gasteiger partial charge in [0.2, 0.25) is 0 Å². The molecule has 0 aliphatic heterocycles. The lowest BCUT2D eigenvalue weighted by molar-refractivity contribution is 0.557. The highest BCUT2D eigenvalue weighted by Crippen LogP contribution is 2.18. The van der Waals surface area contributed by atoms with Gasteiger partial charge in [-0.1, -0.05) is 6.92 Å². The number of hydrogen-bond acceptors (Lipinski definition) is 2. The average molecular weight is 306 g/mol. The van der Waals surface area contributed by atoms with Crippen molar-refractivity contribution < 1.29 is 4.39 Å². The molecule has 0 fully saturated rings. The fraction of sp³-hybridized carbons (Fsp3) is 0.375. The molecule has 1 aromatic rings. The molecule has 0 spiro atoms. The van der Waals surface area contributed by atoms with E-state index in [0.717, 1.165) is 0 Å². The quantitative estimate of drug-likeness (QED) is 0.911. The summed E-state index contributed by atoms with van der Waals surface area (Å²) in [5, 5.41) is 0. The fourth-order valence-corrected chi connectivity index (χ4v) is 1.19. The molecule has 14 heavy (non-hydrogen) atoms. The summed E-state index contributed by atoms with van der Waals surface area (Å²) in [7, 11) is 0. The minimum absolute atomic E-state index is 0. The molecule has 1 aromatic heterocycles. The van der Waals surface area contributed by atoms with E-state index < -0.39 is 0 Å². The van der Waals surface area contributed by atoms with Crippen molar-refractivity contribution >= 4 is 40.7 Å². The second kappa shape index (κ2) is 7.40. The second-order valence-corrected chi connectivity index (χ2v) is 3.45. The molecule has 0 aliphatic rings. The standard InChI is InChI=1S/C8H10BrFN2.2ClH/c1-2-7(11)8-6(10)3-5(9)4-12-8;;/h3-4,7H,2,11H2,1H3;2*1H/t7-;;/m0../s1. The first-order valence-corrected chi connectivity index (χ1v) is 4.51. The van der Waals surface area contributed by atoms with Crippen molar-refractivity contribution in [1.82, 2.24) is 4.98 Å². The lowest BCUT2D eigenvalue weighted by Crippen LogP contribution is -2.12. The molecule has 0 saturated carbocycles. The van der Waals surface area contributed by atoms with Crippen LogP contribution in [0.1, 0.15) is 25.1 Å². The van der Waals surface area contributed by atoms with Crippen molar-refractivity contribution in [2.24, 2.45) is 5.73 Å². The number of hydrogen-bond donors (Lipinski definition) is 1. The minimum Gasteiger partial charge on any atom is -0.323 e. The molecule has 0 saturated heterocycles. The molecule has 0 aliphatic carbocycles. The Bertz CT molecular complexity index is 286. The van der Waals surface area contributed by atoms with Crippen LogP contribution in [0.5, 0.6) is 0 Å². The Hall–Kier alpha value is 0.1000. The van der Waals surface area contributed by atoms with Gasteiger partial charge < -0.3 is 5.73 Å². The highest BCUT2D eigenvalue weighted by atomic mass is 79.9. The minimum atomic E-state index is -0.348. The zero-order chi connectivity index (χ0) is 9.14. The number of rotatable bonds is 2. The molecule has 1 atom stereocenters. The Morgan fingerprint density at radius 2 is 2.14 bits per heavy atom. The number of halogens is 4. The topological polar surface area (TPSA) is 38.9 Å². The van der Waals surface area contributed by atoms with Gasteiger partial charge >= 0.3 is 0 Å². The predicted molar refractivity (Wildman–Crippen MR) is 63.6 cm³/mol. The van der Waals surface area contributed by atoms with Gasteiger partial charge in [0.15, 0.2) is 0 Å². The van der Waals surface area contributed by atoms with Gasteiger partial charge in [0, 0.05) is 16.7 Å². The summed E-state index contributed by atoms with van der Waals surface area (Å²) >= 11 is 3.12. The third kappa shape index (κ3) is 4.09. The molecular weight excluding hydrogens is 294 g/mol. The maximum absolute atomic E-state index is 13.1. The summed E-state index contributed by atoms with van der Waals surface area (Å²) in [5.41, 5.74) is 5.96. The van der Waals surface area contributed by atoms with Crippen LogP contribution in [0.4, 0.5) is 4.39 Å². The predicted octanol–water partition coefficient (Wildman–Crippen LogP) is 3.24. The van der Waals surface area contributed by atoms with E-state index in [1.54, 1.807) is 6.20 Å². The normalized spacial score (nSPS) is 11.1. The van der Waals surface area contributed by atoms with Crippen molar-refractivity contribution in [2.45, 2.75) is 19.4 Å². The Morgan fingerprint density at radius 3 is 2.57 bits per heavy atom. The van der Waals surface area contributed by atoms with Crippen LogP contribution < -0.4 is 5.73 Å². The molecule has 1 heterocycles. The van der Waals surface area contributed by atoms with E-state index in [1.165, 1.54) is 6.07 Å². The van der Waals surface area contributed by atoms with Crippen LogP contribution in [0.25, 0.3) is 0 Å². The summed E-state index contributed by atoms with van der Waals surface area (Å²) in [4.78, 5) is 3.90. The van der Waals surface area contributed by atoms with E-state index in [9.17, 15) is 4.39 Å². The first-order valence-electron chi connectivity index (χ1n) is 3.71. The van der Waals surface area contributed by atoms with Gasteiger partial charge in [0.25, 0.3) is 0 Å². The van der Waals surface area contributed by atoms with E-state index in [1.807, 2.05) is 6.92 Å². The summed E-state index contributed by atoms with van der Waals surface area (Å²) in [5.74, 6) is -0.348. The van der Waals surface area contributed by atoms with Gasteiger partial charge in [-0.25, -0.2) is 4.39 Å². The molecule has 82 valence electrons. The fourth-order valence-electron chi connectivity index (χ4n) is 0.891. The van der Waals surface area contributed by atoms with Crippen LogP contribution in [0.15, 0.2) is 16.7 Å². The third-order valence-electron chi connectivity index (χ3n) is 1.63. The van der Waals surface area contributed by atoms with Gasteiger partial charge in [-0.3, -0.25) is 4.98 Å². The summed E-state index contributed by atoms with van der Waals surface area (Å²) < 4.78 is 13.7. The Kier molecular flexibility index (Phi) is 8.73. The summed E-state index contributed by atoms with van der Waals surface area (Å²) in [6.07, 6.45) is 2.24.